The lowest BCUT2D eigenvalue weighted by Crippen LogP contribution is -2.41. The second-order valence-electron chi connectivity index (χ2n) is 9.72. The number of carbonyl (C=O) groups is 2. The molecule has 1 fully saturated rings. The Kier molecular flexibility index (Phi) is 7.36. The summed E-state index contributed by atoms with van der Waals surface area (Å²) in [7, 11) is 0. The number of carbonyl (C=O) groups excluding carboxylic acids is 2. The molecule has 176 valence electrons. The van der Waals surface area contributed by atoms with Crippen LogP contribution in [0.15, 0.2) is 48.5 Å². The largest absolute Gasteiger partial charge is 0.481 e. The van der Waals surface area contributed by atoms with Gasteiger partial charge in [-0.3, -0.25) is 9.59 Å². The first-order chi connectivity index (χ1) is 16.0. The second kappa shape index (κ2) is 10.4. The first kappa shape index (κ1) is 23.3. The third-order valence-corrected chi connectivity index (χ3v) is 6.63. The summed E-state index contributed by atoms with van der Waals surface area (Å²) in [6.45, 7) is 7.65. The zero-order valence-electron chi connectivity index (χ0n) is 20.0. The lowest BCUT2D eigenvalue weighted by Gasteiger charge is -2.38. The molecule has 33 heavy (non-hydrogen) atoms. The van der Waals surface area contributed by atoms with Crippen molar-refractivity contribution in [3.63, 3.8) is 0 Å². The van der Waals surface area contributed by atoms with E-state index in [0.717, 1.165) is 43.4 Å². The molecule has 1 aliphatic carbocycles. The lowest BCUT2D eigenvalue weighted by atomic mass is 9.87. The number of benzene rings is 2. The van der Waals surface area contributed by atoms with Crippen molar-refractivity contribution in [2.24, 2.45) is 11.8 Å². The van der Waals surface area contributed by atoms with E-state index in [1.165, 1.54) is 5.56 Å². The molecule has 2 amide bonds. The van der Waals surface area contributed by atoms with Gasteiger partial charge in [-0.2, -0.15) is 0 Å². The number of fused-ring (bicyclic) bond motifs is 1. The molecule has 1 heterocycles. The van der Waals surface area contributed by atoms with Crippen LogP contribution in [0.5, 0.6) is 5.75 Å². The van der Waals surface area contributed by atoms with Crippen molar-refractivity contribution < 1.29 is 14.3 Å². The Morgan fingerprint density at radius 2 is 1.88 bits per heavy atom. The van der Waals surface area contributed by atoms with Gasteiger partial charge in [-0.1, -0.05) is 57.2 Å². The van der Waals surface area contributed by atoms with Crippen LogP contribution in [0.2, 0.25) is 0 Å². The molecule has 2 atom stereocenters. The fourth-order valence-electron chi connectivity index (χ4n) is 4.55. The highest BCUT2D eigenvalue weighted by Gasteiger charge is 2.39. The van der Waals surface area contributed by atoms with Crippen molar-refractivity contribution in [3.8, 4) is 5.75 Å². The molecule has 0 bridgehead atoms. The molecule has 0 radical (unpaired) electrons. The van der Waals surface area contributed by atoms with E-state index in [-0.39, 0.29) is 23.8 Å². The van der Waals surface area contributed by atoms with Crippen LogP contribution in [0.3, 0.4) is 0 Å². The molecule has 2 aromatic rings. The number of hydrogen-bond acceptors (Lipinski definition) is 3. The van der Waals surface area contributed by atoms with Crippen LogP contribution in [0.1, 0.15) is 69.2 Å². The van der Waals surface area contributed by atoms with Crippen molar-refractivity contribution in [2.75, 3.05) is 13.1 Å². The fourth-order valence-corrected chi connectivity index (χ4v) is 4.55. The molecule has 2 aliphatic rings. The molecule has 0 aromatic heterocycles. The number of nitrogens with one attached hydrogen (secondary N) is 1. The minimum atomic E-state index is -0.529. The van der Waals surface area contributed by atoms with Gasteiger partial charge in [-0.15, -0.1) is 0 Å². The second-order valence-corrected chi connectivity index (χ2v) is 9.72. The maximum Gasteiger partial charge on any atom is 0.261 e. The van der Waals surface area contributed by atoms with Crippen molar-refractivity contribution >= 4 is 11.8 Å². The van der Waals surface area contributed by atoms with E-state index in [0.29, 0.717) is 24.6 Å². The lowest BCUT2D eigenvalue weighted by molar-refractivity contribution is -0.134. The quantitative estimate of drug-likeness (QED) is 0.594. The molecule has 1 saturated carbocycles. The van der Waals surface area contributed by atoms with Gasteiger partial charge in [0.15, 0.2) is 6.10 Å². The molecule has 1 N–H and O–H groups in total. The Morgan fingerprint density at radius 1 is 1.12 bits per heavy atom. The summed E-state index contributed by atoms with van der Waals surface area (Å²) in [6, 6.07) is 16.2. The normalized spacial score (nSPS) is 18.5. The summed E-state index contributed by atoms with van der Waals surface area (Å²) >= 11 is 0. The van der Waals surface area contributed by atoms with Crippen LogP contribution in [0.4, 0.5) is 0 Å². The summed E-state index contributed by atoms with van der Waals surface area (Å²) in [5, 5.41) is 3.01. The SMILES string of the molecule is CC[C@H](Oc1ccc2c(c1)[C@H](c1ccccc1)N(C(=O)C1CC1)CC2)C(=O)NCCC(C)C. The van der Waals surface area contributed by atoms with Gasteiger partial charge in [-0.05, 0) is 66.8 Å². The highest BCUT2D eigenvalue weighted by atomic mass is 16.5. The van der Waals surface area contributed by atoms with Gasteiger partial charge in [0, 0.05) is 19.0 Å². The van der Waals surface area contributed by atoms with Crippen LogP contribution in [-0.4, -0.2) is 35.9 Å². The van der Waals surface area contributed by atoms with Gasteiger partial charge in [0.2, 0.25) is 5.91 Å². The minimum Gasteiger partial charge on any atom is -0.481 e. The van der Waals surface area contributed by atoms with E-state index >= 15 is 0 Å². The number of hydrogen-bond donors (Lipinski definition) is 1. The predicted octanol–water partition coefficient (Wildman–Crippen LogP) is 4.89. The Labute approximate surface area is 197 Å². The van der Waals surface area contributed by atoms with E-state index in [9.17, 15) is 9.59 Å². The van der Waals surface area contributed by atoms with Crippen LogP contribution >= 0.6 is 0 Å². The zero-order chi connectivity index (χ0) is 23.4. The highest BCUT2D eigenvalue weighted by Crippen LogP contribution is 2.41. The maximum atomic E-state index is 13.1. The standard InChI is InChI=1S/C28H36N2O3/c1-4-25(27(31)29-16-14-19(2)3)33-23-13-12-20-15-17-30(28(32)22-10-11-22)26(24(20)18-23)21-8-6-5-7-9-21/h5-9,12-13,18-19,22,25-26H,4,10-11,14-17H2,1-3H3,(H,29,31)/t25-,26-/m0/s1. The number of rotatable bonds is 9. The first-order valence-corrected chi connectivity index (χ1v) is 12.4. The van der Waals surface area contributed by atoms with Gasteiger partial charge in [0.05, 0.1) is 6.04 Å². The first-order valence-electron chi connectivity index (χ1n) is 12.4. The van der Waals surface area contributed by atoms with E-state index in [1.807, 2.05) is 37.3 Å². The van der Waals surface area contributed by atoms with Crippen LogP contribution < -0.4 is 10.1 Å². The van der Waals surface area contributed by atoms with Gasteiger partial charge in [0.25, 0.3) is 5.91 Å². The molecule has 1 aliphatic heterocycles. The van der Waals surface area contributed by atoms with Gasteiger partial charge in [0.1, 0.15) is 5.75 Å². The van der Waals surface area contributed by atoms with Crippen molar-refractivity contribution in [1.29, 1.82) is 0 Å². The molecular formula is C28H36N2O3. The Balaban J connectivity index is 1.58. The smallest absolute Gasteiger partial charge is 0.261 e. The van der Waals surface area contributed by atoms with E-state index in [4.69, 9.17) is 4.74 Å². The monoisotopic (exact) mass is 448 g/mol. The van der Waals surface area contributed by atoms with E-state index < -0.39 is 6.10 Å². The summed E-state index contributed by atoms with van der Waals surface area (Å²) in [6.07, 6.45) is 3.85. The molecule has 5 heteroatoms. The minimum absolute atomic E-state index is 0.0685. The van der Waals surface area contributed by atoms with Crippen molar-refractivity contribution in [3.05, 3.63) is 65.2 Å². The predicted molar refractivity (Wildman–Crippen MR) is 130 cm³/mol. The Bertz CT molecular complexity index is 968. The third-order valence-electron chi connectivity index (χ3n) is 6.63. The maximum absolute atomic E-state index is 13.1. The number of ether oxygens (including phenoxy) is 1. The number of amides is 2. The average Bonchev–Trinajstić information content (AvgIpc) is 3.67. The summed E-state index contributed by atoms with van der Waals surface area (Å²) < 4.78 is 6.17. The third kappa shape index (κ3) is 5.58. The molecule has 4 rings (SSSR count). The number of nitrogens with zero attached hydrogens (tertiary/aromatic N) is 1. The average molecular weight is 449 g/mol. The van der Waals surface area contributed by atoms with E-state index in [2.05, 4.69) is 42.3 Å². The zero-order valence-corrected chi connectivity index (χ0v) is 20.0. The summed E-state index contributed by atoms with van der Waals surface area (Å²) in [5.41, 5.74) is 3.46. The van der Waals surface area contributed by atoms with E-state index in [1.54, 1.807) is 0 Å². The van der Waals surface area contributed by atoms with Crippen molar-refractivity contribution in [1.82, 2.24) is 10.2 Å². The van der Waals surface area contributed by atoms with Gasteiger partial charge in [-0.25, -0.2) is 0 Å². The molecule has 2 aromatic carbocycles. The molecule has 0 unspecified atom stereocenters. The van der Waals surface area contributed by atoms with Gasteiger partial charge >= 0.3 is 0 Å². The topological polar surface area (TPSA) is 58.6 Å². The van der Waals surface area contributed by atoms with Crippen LogP contribution in [0.25, 0.3) is 0 Å². The summed E-state index contributed by atoms with van der Waals surface area (Å²) in [5.74, 6) is 1.60. The van der Waals surface area contributed by atoms with Crippen LogP contribution in [0, 0.1) is 11.8 Å². The highest BCUT2D eigenvalue weighted by molar-refractivity contribution is 5.82. The van der Waals surface area contributed by atoms with Crippen molar-refractivity contribution in [2.45, 2.75) is 65.0 Å². The molecule has 0 saturated heterocycles. The Hall–Kier alpha value is -2.82. The van der Waals surface area contributed by atoms with Crippen LogP contribution in [-0.2, 0) is 16.0 Å². The van der Waals surface area contributed by atoms with Gasteiger partial charge < -0.3 is 15.0 Å². The molecule has 5 nitrogen and oxygen atoms in total. The molecular weight excluding hydrogens is 412 g/mol. The fraction of sp³-hybridized carbons (Fsp3) is 0.500. The summed E-state index contributed by atoms with van der Waals surface area (Å²) in [4.78, 5) is 27.9. The molecule has 0 spiro atoms. The Morgan fingerprint density at radius 3 is 2.55 bits per heavy atom.